The maximum Gasteiger partial charge on any atom is 0.255 e. The van der Waals surface area contributed by atoms with Gasteiger partial charge in [-0.3, -0.25) is 20.0 Å². The summed E-state index contributed by atoms with van der Waals surface area (Å²) in [7, 11) is 0. The number of ether oxygens (including phenoxy) is 1. The third-order valence-corrected chi connectivity index (χ3v) is 3.35. The number of nitrogens with one attached hydrogen (secondary N) is 2. The van der Waals surface area contributed by atoms with Crippen LogP contribution in [0.15, 0.2) is 36.5 Å². The molecule has 0 aliphatic rings. The number of hydrogen-bond acceptors (Lipinski definition) is 5. The van der Waals surface area contributed by atoms with Crippen LogP contribution in [0.25, 0.3) is 0 Å². The topological polar surface area (TPSA) is 144 Å². The van der Waals surface area contributed by atoms with Gasteiger partial charge in [-0.1, -0.05) is 12.1 Å². The summed E-state index contributed by atoms with van der Waals surface area (Å²) in [6.45, 7) is 1.66. The first-order valence-corrected chi connectivity index (χ1v) is 7.46. The molecule has 2 aromatic rings. The van der Waals surface area contributed by atoms with Gasteiger partial charge in [0.05, 0.1) is 0 Å². The van der Waals surface area contributed by atoms with E-state index in [0.717, 1.165) is 5.69 Å². The Morgan fingerprint density at radius 3 is 2.60 bits per heavy atom. The summed E-state index contributed by atoms with van der Waals surface area (Å²) in [6.07, 6.45) is 1.56. The zero-order valence-corrected chi connectivity index (χ0v) is 13.7. The minimum atomic E-state index is -0.629. The fraction of sp³-hybridized carbons (Fsp3) is 0.176. The van der Waals surface area contributed by atoms with Crippen molar-refractivity contribution >= 4 is 17.6 Å². The number of amidine groups is 1. The fourth-order valence-corrected chi connectivity index (χ4v) is 2.12. The SMILES string of the molecule is Cc1cc(C(=O)NCc2ccc(C(=N)N)cc2OCC(N)=O)ccn1. The number of hydrogen-bond donors (Lipinski definition) is 4. The predicted octanol–water partition coefficient (Wildman–Crippen LogP) is 0.468. The molecule has 0 saturated carbocycles. The second-order valence-electron chi connectivity index (χ2n) is 5.36. The van der Waals surface area contributed by atoms with Crippen molar-refractivity contribution in [2.24, 2.45) is 11.5 Å². The second kappa shape index (κ2) is 7.91. The largest absolute Gasteiger partial charge is 0.483 e. The van der Waals surface area contributed by atoms with Gasteiger partial charge >= 0.3 is 0 Å². The van der Waals surface area contributed by atoms with Gasteiger partial charge in [-0.2, -0.15) is 0 Å². The Balaban J connectivity index is 2.15. The van der Waals surface area contributed by atoms with E-state index in [1.165, 1.54) is 6.07 Å². The van der Waals surface area contributed by atoms with Crippen molar-refractivity contribution in [2.45, 2.75) is 13.5 Å². The number of pyridine rings is 1. The smallest absolute Gasteiger partial charge is 0.255 e. The molecule has 8 heteroatoms. The van der Waals surface area contributed by atoms with Crippen LogP contribution in [-0.4, -0.2) is 29.2 Å². The van der Waals surface area contributed by atoms with E-state index >= 15 is 0 Å². The van der Waals surface area contributed by atoms with Crippen molar-refractivity contribution in [1.29, 1.82) is 5.41 Å². The van der Waals surface area contributed by atoms with E-state index in [1.54, 1.807) is 37.4 Å². The number of nitrogens with two attached hydrogens (primary N) is 2. The average Bonchev–Trinajstić information content (AvgIpc) is 2.57. The van der Waals surface area contributed by atoms with Crippen molar-refractivity contribution in [3.8, 4) is 5.75 Å². The highest BCUT2D eigenvalue weighted by Crippen LogP contribution is 2.20. The molecule has 0 radical (unpaired) electrons. The van der Waals surface area contributed by atoms with E-state index < -0.39 is 5.91 Å². The van der Waals surface area contributed by atoms with E-state index in [1.807, 2.05) is 0 Å². The van der Waals surface area contributed by atoms with Crippen LogP contribution in [0, 0.1) is 12.3 Å². The molecule has 1 aromatic heterocycles. The molecule has 130 valence electrons. The summed E-state index contributed by atoms with van der Waals surface area (Å²) in [5.74, 6) is -0.693. The number of nitrogens with zero attached hydrogens (tertiary/aromatic N) is 1. The molecule has 0 atom stereocenters. The predicted molar refractivity (Wildman–Crippen MR) is 92.3 cm³/mol. The Labute approximate surface area is 144 Å². The molecule has 2 amide bonds. The summed E-state index contributed by atoms with van der Waals surface area (Å²) in [5.41, 5.74) is 12.9. The van der Waals surface area contributed by atoms with E-state index in [9.17, 15) is 9.59 Å². The molecule has 2 rings (SSSR count). The number of carbonyl (C=O) groups is 2. The molecule has 0 aliphatic carbocycles. The third kappa shape index (κ3) is 5.03. The highest BCUT2D eigenvalue weighted by Gasteiger charge is 2.11. The quantitative estimate of drug-likeness (QED) is 0.427. The zero-order chi connectivity index (χ0) is 18.4. The number of nitrogen functional groups attached to an aromatic ring is 1. The first kappa shape index (κ1) is 17.9. The lowest BCUT2D eigenvalue weighted by atomic mass is 10.1. The minimum Gasteiger partial charge on any atom is -0.483 e. The van der Waals surface area contributed by atoms with Gasteiger partial charge in [0.15, 0.2) is 6.61 Å². The van der Waals surface area contributed by atoms with E-state index in [0.29, 0.717) is 22.4 Å². The molecule has 0 spiro atoms. The molecular formula is C17H19N5O3. The molecule has 0 bridgehead atoms. The molecule has 1 heterocycles. The van der Waals surface area contributed by atoms with Crippen LogP contribution >= 0.6 is 0 Å². The van der Waals surface area contributed by atoms with Gasteiger partial charge in [0.2, 0.25) is 0 Å². The van der Waals surface area contributed by atoms with Gasteiger partial charge in [0.1, 0.15) is 11.6 Å². The van der Waals surface area contributed by atoms with E-state index in [-0.39, 0.29) is 24.9 Å². The zero-order valence-electron chi connectivity index (χ0n) is 13.7. The number of carbonyl (C=O) groups excluding carboxylic acids is 2. The molecular weight excluding hydrogens is 322 g/mol. The van der Waals surface area contributed by atoms with Crippen molar-refractivity contribution in [3.63, 3.8) is 0 Å². The fourth-order valence-electron chi connectivity index (χ4n) is 2.12. The number of aryl methyl sites for hydroxylation is 1. The van der Waals surface area contributed by atoms with Gasteiger partial charge in [0, 0.05) is 35.1 Å². The third-order valence-electron chi connectivity index (χ3n) is 3.35. The molecule has 1 aromatic carbocycles. The Hall–Kier alpha value is -3.42. The lowest BCUT2D eigenvalue weighted by Gasteiger charge is -2.13. The number of benzene rings is 1. The van der Waals surface area contributed by atoms with Crippen LogP contribution in [0.5, 0.6) is 5.75 Å². The van der Waals surface area contributed by atoms with Gasteiger partial charge in [-0.15, -0.1) is 0 Å². The molecule has 6 N–H and O–H groups in total. The van der Waals surface area contributed by atoms with E-state index in [4.69, 9.17) is 21.6 Å². The Bertz CT molecular complexity index is 820. The molecule has 0 saturated heterocycles. The van der Waals surface area contributed by atoms with Gasteiger partial charge in [0.25, 0.3) is 11.8 Å². The lowest BCUT2D eigenvalue weighted by molar-refractivity contribution is -0.119. The van der Waals surface area contributed by atoms with Crippen LogP contribution in [0.4, 0.5) is 0 Å². The summed E-state index contributed by atoms with van der Waals surface area (Å²) in [5, 5.41) is 10.2. The summed E-state index contributed by atoms with van der Waals surface area (Å²) in [6, 6.07) is 8.14. The molecule has 0 fully saturated rings. The minimum absolute atomic E-state index is 0.133. The van der Waals surface area contributed by atoms with Crippen LogP contribution in [0.1, 0.15) is 27.2 Å². The maximum atomic E-state index is 12.2. The molecule has 25 heavy (non-hydrogen) atoms. The molecule has 0 unspecified atom stereocenters. The molecule has 0 aliphatic heterocycles. The molecule has 8 nitrogen and oxygen atoms in total. The van der Waals surface area contributed by atoms with Crippen LogP contribution in [-0.2, 0) is 11.3 Å². The summed E-state index contributed by atoms with van der Waals surface area (Å²) < 4.78 is 5.36. The number of rotatable bonds is 7. The Morgan fingerprint density at radius 2 is 1.96 bits per heavy atom. The van der Waals surface area contributed by atoms with Crippen LogP contribution in [0.2, 0.25) is 0 Å². The monoisotopic (exact) mass is 341 g/mol. The second-order valence-corrected chi connectivity index (χ2v) is 5.36. The number of primary amides is 1. The average molecular weight is 341 g/mol. The Kier molecular flexibility index (Phi) is 5.67. The number of aromatic nitrogens is 1. The van der Waals surface area contributed by atoms with Crippen LogP contribution < -0.4 is 21.5 Å². The normalized spacial score (nSPS) is 10.1. The first-order valence-electron chi connectivity index (χ1n) is 7.46. The van der Waals surface area contributed by atoms with Gasteiger partial charge in [-0.25, -0.2) is 0 Å². The van der Waals surface area contributed by atoms with Crippen molar-refractivity contribution in [2.75, 3.05) is 6.61 Å². The van der Waals surface area contributed by atoms with Crippen molar-refractivity contribution in [3.05, 3.63) is 58.9 Å². The van der Waals surface area contributed by atoms with Gasteiger partial charge in [-0.05, 0) is 25.1 Å². The number of amides is 2. The lowest BCUT2D eigenvalue weighted by Crippen LogP contribution is -2.24. The highest BCUT2D eigenvalue weighted by molar-refractivity contribution is 5.96. The Morgan fingerprint density at radius 1 is 1.20 bits per heavy atom. The van der Waals surface area contributed by atoms with Crippen LogP contribution in [0.3, 0.4) is 0 Å². The van der Waals surface area contributed by atoms with Crippen molar-refractivity contribution < 1.29 is 14.3 Å². The highest BCUT2D eigenvalue weighted by atomic mass is 16.5. The first-order chi connectivity index (χ1) is 11.9. The standard InChI is InChI=1S/C17H19N5O3/c1-10-6-12(4-5-21-10)17(24)22-8-13-3-2-11(16(19)20)7-14(13)25-9-15(18)23/h2-7H,8-9H2,1H3,(H2,18,23)(H3,19,20)(H,22,24). The maximum absolute atomic E-state index is 12.2. The van der Waals surface area contributed by atoms with Crippen molar-refractivity contribution in [1.82, 2.24) is 10.3 Å². The summed E-state index contributed by atoms with van der Waals surface area (Å²) in [4.78, 5) is 27.2. The van der Waals surface area contributed by atoms with Gasteiger partial charge < -0.3 is 21.5 Å². The summed E-state index contributed by atoms with van der Waals surface area (Å²) >= 11 is 0. The van der Waals surface area contributed by atoms with E-state index in [2.05, 4.69) is 10.3 Å².